The predicted octanol–water partition coefficient (Wildman–Crippen LogP) is 6.78. The average Bonchev–Trinajstić information content (AvgIpc) is 3.24. The number of hydrogen-bond acceptors (Lipinski definition) is 2. The Kier molecular flexibility index (Phi) is 7.18. The summed E-state index contributed by atoms with van der Waals surface area (Å²) in [5, 5.41) is 5.08. The Labute approximate surface area is 200 Å². The second kappa shape index (κ2) is 10.4. The third-order valence-corrected chi connectivity index (χ3v) is 8.40. The van der Waals surface area contributed by atoms with Gasteiger partial charge in [-0.3, -0.25) is 0 Å². The van der Waals surface area contributed by atoms with Crippen LogP contribution in [-0.2, 0) is 13.1 Å². The summed E-state index contributed by atoms with van der Waals surface area (Å²) in [6, 6.07) is 21.2. The summed E-state index contributed by atoms with van der Waals surface area (Å²) in [5.74, 6) is 1.81. The van der Waals surface area contributed by atoms with Gasteiger partial charge >= 0.3 is 0 Å². The lowest BCUT2D eigenvalue weighted by Gasteiger charge is -2.42. The number of fused-ring (bicyclic) bond motifs is 1. The highest BCUT2D eigenvalue weighted by atomic mass is 15.2. The lowest BCUT2D eigenvalue weighted by atomic mass is 9.79. The summed E-state index contributed by atoms with van der Waals surface area (Å²) in [5.41, 5.74) is 4.18. The number of rotatable bonds is 7. The normalized spacial score (nSPS) is 22.9. The van der Waals surface area contributed by atoms with Gasteiger partial charge in [0.15, 0.2) is 0 Å². The molecule has 0 unspecified atom stereocenters. The number of benzene rings is 2. The number of piperidine rings is 1. The molecule has 3 nitrogen and oxygen atoms in total. The molecule has 5 rings (SSSR count). The van der Waals surface area contributed by atoms with E-state index in [2.05, 4.69) is 89.4 Å². The van der Waals surface area contributed by atoms with Crippen molar-refractivity contribution in [3.05, 3.63) is 71.9 Å². The molecular formula is C30H41N3. The van der Waals surface area contributed by atoms with Gasteiger partial charge in [-0.1, -0.05) is 62.4 Å². The Morgan fingerprint density at radius 2 is 1.48 bits per heavy atom. The Bertz CT molecular complexity index is 1010. The van der Waals surface area contributed by atoms with E-state index in [1.807, 2.05) is 0 Å². The highest BCUT2D eigenvalue weighted by Crippen LogP contribution is 2.35. The molecule has 2 aromatic carbocycles. The molecular weight excluding hydrogens is 402 g/mol. The smallest absolute Gasteiger partial charge is 0.0486 e. The number of likely N-dealkylation sites (tertiary alicyclic amines) is 1. The Balaban J connectivity index is 1.21. The maximum absolute atomic E-state index is 3.67. The quantitative estimate of drug-likeness (QED) is 0.434. The monoisotopic (exact) mass is 443 g/mol. The maximum atomic E-state index is 3.67. The molecule has 1 saturated carbocycles. The van der Waals surface area contributed by atoms with Crippen molar-refractivity contribution < 1.29 is 0 Å². The Morgan fingerprint density at radius 1 is 0.788 bits per heavy atom. The predicted molar refractivity (Wildman–Crippen MR) is 139 cm³/mol. The van der Waals surface area contributed by atoms with Crippen molar-refractivity contribution in [2.45, 2.75) is 77.5 Å². The van der Waals surface area contributed by atoms with Crippen LogP contribution in [0.1, 0.15) is 69.5 Å². The van der Waals surface area contributed by atoms with Gasteiger partial charge in [-0.25, -0.2) is 0 Å². The first-order valence-electron chi connectivity index (χ1n) is 13.3. The molecule has 1 aliphatic heterocycles. The van der Waals surface area contributed by atoms with Crippen LogP contribution in [-0.4, -0.2) is 28.6 Å². The van der Waals surface area contributed by atoms with Gasteiger partial charge in [0.1, 0.15) is 0 Å². The van der Waals surface area contributed by atoms with Gasteiger partial charge in [0.2, 0.25) is 0 Å². The van der Waals surface area contributed by atoms with Crippen molar-refractivity contribution in [3.8, 4) is 0 Å². The van der Waals surface area contributed by atoms with E-state index >= 15 is 0 Å². The fourth-order valence-corrected chi connectivity index (χ4v) is 6.32. The lowest BCUT2D eigenvalue weighted by Crippen LogP contribution is -2.43. The maximum Gasteiger partial charge on any atom is 0.0486 e. The van der Waals surface area contributed by atoms with Crippen LogP contribution in [0.15, 0.2) is 60.8 Å². The molecule has 0 atom stereocenters. The SMILES string of the molecule is CC(C)[C@H]1CC[C@@H](N2CCC(n3cc(CNCc4ccccc4)c4ccccc43)CC2)CC1. The number of hydrogen-bond donors (Lipinski definition) is 1. The summed E-state index contributed by atoms with van der Waals surface area (Å²) in [6.07, 6.45) is 10.7. The van der Waals surface area contributed by atoms with Crippen LogP contribution >= 0.6 is 0 Å². The van der Waals surface area contributed by atoms with Gasteiger partial charge < -0.3 is 14.8 Å². The lowest BCUT2D eigenvalue weighted by molar-refractivity contribution is 0.0894. The summed E-state index contributed by atoms with van der Waals surface area (Å²) in [6.45, 7) is 9.16. The second-order valence-electron chi connectivity index (χ2n) is 10.7. The van der Waals surface area contributed by atoms with Crippen LogP contribution in [0.25, 0.3) is 10.9 Å². The first kappa shape index (κ1) is 22.7. The molecule has 3 aromatic rings. The summed E-state index contributed by atoms with van der Waals surface area (Å²) in [4.78, 5) is 2.82. The van der Waals surface area contributed by atoms with Crippen molar-refractivity contribution in [1.29, 1.82) is 0 Å². The molecule has 1 saturated heterocycles. The number of para-hydroxylation sites is 1. The molecule has 33 heavy (non-hydrogen) atoms. The van der Waals surface area contributed by atoms with E-state index in [0.29, 0.717) is 6.04 Å². The van der Waals surface area contributed by atoms with Crippen LogP contribution in [0.3, 0.4) is 0 Å². The molecule has 1 aromatic heterocycles. The van der Waals surface area contributed by atoms with Gasteiger partial charge in [0, 0.05) is 55.4 Å². The highest BCUT2D eigenvalue weighted by Gasteiger charge is 2.30. The minimum atomic E-state index is 0.626. The van der Waals surface area contributed by atoms with Crippen molar-refractivity contribution >= 4 is 10.9 Å². The van der Waals surface area contributed by atoms with Crippen LogP contribution in [0.4, 0.5) is 0 Å². The number of nitrogens with zero attached hydrogens (tertiary/aromatic N) is 2. The van der Waals surface area contributed by atoms with Crippen LogP contribution in [0, 0.1) is 11.8 Å². The van der Waals surface area contributed by atoms with E-state index in [0.717, 1.165) is 31.0 Å². The van der Waals surface area contributed by atoms with Gasteiger partial charge in [-0.05, 0) is 67.6 Å². The number of nitrogens with one attached hydrogen (secondary N) is 1. The molecule has 0 amide bonds. The van der Waals surface area contributed by atoms with Gasteiger partial charge in [-0.2, -0.15) is 0 Å². The Morgan fingerprint density at radius 3 is 2.21 bits per heavy atom. The van der Waals surface area contributed by atoms with Crippen LogP contribution < -0.4 is 5.32 Å². The number of aromatic nitrogens is 1. The van der Waals surface area contributed by atoms with E-state index < -0.39 is 0 Å². The minimum absolute atomic E-state index is 0.626. The van der Waals surface area contributed by atoms with E-state index in [1.165, 1.54) is 73.6 Å². The third-order valence-electron chi connectivity index (χ3n) is 8.40. The fraction of sp³-hybridized carbons (Fsp3) is 0.533. The van der Waals surface area contributed by atoms with Crippen molar-refractivity contribution in [2.75, 3.05) is 13.1 Å². The van der Waals surface area contributed by atoms with Gasteiger partial charge in [0.05, 0.1) is 0 Å². The highest BCUT2D eigenvalue weighted by molar-refractivity contribution is 5.84. The minimum Gasteiger partial charge on any atom is -0.344 e. The summed E-state index contributed by atoms with van der Waals surface area (Å²) < 4.78 is 2.60. The largest absolute Gasteiger partial charge is 0.344 e. The second-order valence-corrected chi connectivity index (χ2v) is 10.7. The molecule has 1 aliphatic carbocycles. The van der Waals surface area contributed by atoms with Crippen molar-refractivity contribution in [2.24, 2.45) is 11.8 Å². The molecule has 0 bridgehead atoms. The van der Waals surface area contributed by atoms with Gasteiger partial charge in [-0.15, -0.1) is 0 Å². The van der Waals surface area contributed by atoms with E-state index in [-0.39, 0.29) is 0 Å². The molecule has 2 heterocycles. The first-order valence-corrected chi connectivity index (χ1v) is 13.3. The standard InChI is InChI=1S/C30H41N3/c1-23(2)25-12-14-27(15-13-25)32-18-16-28(17-19-32)33-22-26(29-10-6-7-11-30(29)33)21-31-20-24-8-4-3-5-9-24/h3-11,22-23,25,27-28,31H,12-21H2,1-2H3/t25-,27+. The molecule has 2 aliphatic rings. The molecule has 176 valence electrons. The zero-order valence-electron chi connectivity index (χ0n) is 20.5. The van der Waals surface area contributed by atoms with Gasteiger partial charge in [0.25, 0.3) is 0 Å². The van der Waals surface area contributed by atoms with E-state index in [1.54, 1.807) is 0 Å². The third kappa shape index (κ3) is 5.20. The molecule has 0 spiro atoms. The summed E-state index contributed by atoms with van der Waals surface area (Å²) >= 11 is 0. The van der Waals surface area contributed by atoms with E-state index in [4.69, 9.17) is 0 Å². The topological polar surface area (TPSA) is 20.2 Å². The first-order chi connectivity index (χ1) is 16.2. The zero-order chi connectivity index (χ0) is 22.6. The van der Waals surface area contributed by atoms with Crippen molar-refractivity contribution in [1.82, 2.24) is 14.8 Å². The summed E-state index contributed by atoms with van der Waals surface area (Å²) in [7, 11) is 0. The fourth-order valence-electron chi connectivity index (χ4n) is 6.32. The van der Waals surface area contributed by atoms with Crippen molar-refractivity contribution in [3.63, 3.8) is 0 Å². The average molecular weight is 444 g/mol. The molecule has 2 fully saturated rings. The Hall–Kier alpha value is -2.10. The van der Waals surface area contributed by atoms with Crippen LogP contribution in [0.5, 0.6) is 0 Å². The molecule has 0 radical (unpaired) electrons. The zero-order valence-corrected chi connectivity index (χ0v) is 20.5. The van der Waals surface area contributed by atoms with E-state index in [9.17, 15) is 0 Å². The molecule has 3 heteroatoms. The molecule has 1 N–H and O–H groups in total. The van der Waals surface area contributed by atoms with Crippen LogP contribution in [0.2, 0.25) is 0 Å².